The molecule has 5 nitrogen and oxygen atoms in total. The van der Waals surface area contributed by atoms with E-state index in [2.05, 4.69) is 10.6 Å². The number of rotatable bonds is 4. The lowest BCUT2D eigenvalue weighted by Gasteiger charge is -2.05. The lowest BCUT2D eigenvalue weighted by molar-refractivity contribution is -0.115. The summed E-state index contributed by atoms with van der Waals surface area (Å²) < 4.78 is 0. The average molecular weight is 338 g/mol. The first-order chi connectivity index (χ1) is 11.6. The molecule has 3 rings (SSSR count). The predicted molar refractivity (Wildman–Crippen MR) is 93.2 cm³/mol. The summed E-state index contributed by atoms with van der Waals surface area (Å²) in [5.41, 5.74) is 2.32. The highest BCUT2D eigenvalue weighted by molar-refractivity contribution is 8.18. The molecule has 24 heavy (non-hydrogen) atoms. The molecule has 3 amide bonds. The van der Waals surface area contributed by atoms with Crippen LogP contribution < -0.4 is 10.6 Å². The van der Waals surface area contributed by atoms with E-state index in [0.717, 1.165) is 22.9 Å². The second kappa shape index (κ2) is 7.14. The van der Waals surface area contributed by atoms with Crippen LogP contribution in [-0.4, -0.2) is 17.1 Å². The van der Waals surface area contributed by atoms with Crippen LogP contribution in [0.1, 0.15) is 21.5 Å². The molecule has 0 unspecified atom stereocenters. The maximum absolute atomic E-state index is 12.1. The fourth-order valence-corrected chi connectivity index (χ4v) is 2.87. The summed E-state index contributed by atoms with van der Waals surface area (Å²) in [4.78, 5) is 35.1. The average Bonchev–Trinajstić information content (AvgIpc) is 2.91. The van der Waals surface area contributed by atoms with Crippen molar-refractivity contribution < 1.29 is 14.4 Å². The molecule has 1 aliphatic rings. The summed E-state index contributed by atoms with van der Waals surface area (Å²) in [5, 5.41) is 4.68. The van der Waals surface area contributed by atoms with Crippen LogP contribution in [0, 0.1) is 0 Å². The molecule has 2 aromatic carbocycles. The summed E-state index contributed by atoms with van der Waals surface area (Å²) >= 11 is 0.867. The van der Waals surface area contributed by atoms with Gasteiger partial charge in [-0.25, -0.2) is 0 Å². The second-order valence-corrected chi connectivity index (χ2v) is 6.16. The minimum Gasteiger partial charge on any atom is -0.348 e. The van der Waals surface area contributed by atoms with Gasteiger partial charge in [0.15, 0.2) is 0 Å². The topological polar surface area (TPSA) is 75.3 Å². The maximum Gasteiger partial charge on any atom is 0.290 e. The van der Waals surface area contributed by atoms with Crippen LogP contribution in [0.25, 0.3) is 6.08 Å². The minimum atomic E-state index is -0.394. The lowest BCUT2D eigenvalue weighted by atomic mass is 10.1. The third-order valence-corrected chi connectivity index (χ3v) is 4.22. The minimum absolute atomic E-state index is 0.166. The van der Waals surface area contributed by atoms with E-state index in [1.807, 2.05) is 30.3 Å². The Morgan fingerprint density at radius 1 is 1.04 bits per heavy atom. The summed E-state index contributed by atoms with van der Waals surface area (Å²) in [7, 11) is 0. The van der Waals surface area contributed by atoms with Crippen LogP contribution in [0.15, 0.2) is 59.5 Å². The van der Waals surface area contributed by atoms with E-state index in [9.17, 15) is 14.4 Å². The standard InChI is InChI=1S/C18H14N2O3S/c21-16(19-11-13-4-2-1-3-5-13)14-8-6-12(7-9-14)10-15-17(22)20-18(23)24-15/h1-10H,11H2,(H,19,21)(H,20,22,23)/b15-10-. The van der Waals surface area contributed by atoms with Gasteiger partial charge in [0.25, 0.3) is 17.1 Å². The van der Waals surface area contributed by atoms with Gasteiger partial charge in [-0.05, 0) is 41.1 Å². The quantitative estimate of drug-likeness (QED) is 0.841. The molecular weight excluding hydrogens is 324 g/mol. The molecule has 6 heteroatoms. The highest BCUT2D eigenvalue weighted by Gasteiger charge is 2.24. The van der Waals surface area contributed by atoms with Crippen LogP contribution in [0.4, 0.5) is 4.79 Å². The molecule has 2 aromatic rings. The Morgan fingerprint density at radius 2 is 1.75 bits per heavy atom. The number of hydrogen-bond donors (Lipinski definition) is 2. The second-order valence-electron chi connectivity index (χ2n) is 5.14. The first-order valence-corrected chi connectivity index (χ1v) is 8.10. The summed E-state index contributed by atoms with van der Waals surface area (Å²) in [6.07, 6.45) is 1.62. The Kier molecular flexibility index (Phi) is 4.77. The van der Waals surface area contributed by atoms with E-state index in [-0.39, 0.29) is 11.1 Å². The zero-order valence-corrected chi connectivity index (χ0v) is 13.4. The molecule has 1 fully saturated rings. The molecular formula is C18H14N2O3S. The third-order valence-electron chi connectivity index (χ3n) is 3.41. The fraction of sp³-hybridized carbons (Fsp3) is 0.0556. The SMILES string of the molecule is O=C1NC(=O)/C(=C/c2ccc(C(=O)NCc3ccccc3)cc2)S1. The number of benzene rings is 2. The van der Waals surface area contributed by atoms with Gasteiger partial charge in [-0.15, -0.1) is 0 Å². The van der Waals surface area contributed by atoms with Crippen molar-refractivity contribution in [1.82, 2.24) is 10.6 Å². The Bertz CT molecular complexity index is 814. The third kappa shape index (κ3) is 3.91. The van der Waals surface area contributed by atoms with Crippen molar-refractivity contribution in [2.45, 2.75) is 6.54 Å². The van der Waals surface area contributed by atoms with Crippen LogP contribution >= 0.6 is 11.8 Å². The van der Waals surface area contributed by atoms with Crippen molar-refractivity contribution in [3.05, 3.63) is 76.2 Å². The van der Waals surface area contributed by atoms with E-state index in [0.29, 0.717) is 17.0 Å². The van der Waals surface area contributed by atoms with E-state index in [4.69, 9.17) is 0 Å². The van der Waals surface area contributed by atoms with Gasteiger partial charge in [-0.1, -0.05) is 42.5 Å². The molecule has 0 aromatic heterocycles. The number of carbonyl (C=O) groups is 3. The van der Waals surface area contributed by atoms with E-state index in [1.54, 1.807) is 30.3 Å². The first-order valence-electron chi connectivity index (χ1n) is 7.29. The van der Waals surface area contributed by atoms with Gasteiger partial charge in [0.2, 0.25) is 0 Å². The Labute approximate surface area is 143 Å². The van der Waals surface area contributed by atoms with Gasteiger partial charge in [-0.3, -0.25) is 19.7 Å². The Morgan fingerprint density at radius 3 is 2.38 bits per heavy atom. The summed E-state index contributed by atoms with van der Waals surface area (Å²) in [6.45, 7) is 0.463. The molecule has 0 aliphatic carbocycles. The van der Waals surface area contributed by atoms with Crippen LogP contribution in [-0.2, 0) is 11.3 Å². The van der Waals surface area contributed by atoms with Gasteiger partial charge in [0, 0.05) is 12.1 Å². The molecule has 1 heterocycles. The number of hydrogen-bond acceptors (Lipinski definition) is 4. The zero-order chi connectivity index (χ0) is 16.9. The highest BCUT2D eigenvalue weighted by Crippen LogP contribution is 2.25. The molecule has 0 radical (unpaired) electrons. The Hall–Kier alpha value is -2.86. The van der Waals surface area contributed by atoms with Crippen molar-refractivity contribution in [2.75, 3.05) is 0 Å². The van der Waals surface area contributed by atoms with Gasteiger partial charge in [-0.2, -0.15) is 0 Å². The zero-order valence-electron chi connectivity index (χ0n) is 12.6. The fourth-order valence-electron chi connectivity index (χ4n) is 2.18. The van der Waals surface area contributed by atoms with Gasteiger partial charge < -0.3 is 5.32 Å². The highest BCUT2D eigenvalue weighted by atomic mass is 32.2. The predicted octanol–water partition coefficient (Wildman–Crippen LogP) is 2.94. The number of thioether (sulfide) groups is 1. The van der Waals surface area contributed by atoms with Crippen molar-refractivity contribution in [2.24, 2.45) is 0 Å². The first kappa shape index (κ1) is 16.0. The monoisotopic (exact) mass is 338 g/mol. The van der Waals surface area contributed by atoms with Crippen molar-refractivity contribution >= 4 is 34.9 Å². The van der Waals surface area contributed by atoms with E-state index in [1.165, 1.54) is 0 Å². The number of carbonyl (C=O) groups excluding carboxylic acids is 3. The largest absolute Gasteiger partial charge is 0.348 e. The van der Waals surface area contributed by atoms with Crippen LogP contribution in [0.3, 0.4) is 0 Å². The summed E-state index contributed by atoms with van der Waals surface area (Å²) in [5.74, 6) is -0.559. The van der Waals surface area contributed by atoms with Crippen LogP contribution in [0.5, 0.6) is 0 Å². The molecule has 2 N–H and O–H groups in total. The number of amides is 3. The number of imide groups is 1. The molecule has 0 bridgehead atoms. The molecule has 120 valence electrons. The molecule has 0 saturated carbocycles. The van der Waals surface area contributed by atoms with Gasteiger partial charge in [0.05, 0.1) is 4.91 Å². The van der Waals surface area contributed by atoms with Crippen molar-refractivity contribution in [3.8, 4) is 0 Å². The summed E-state index contributed by atoms with van der Waals surface area (Å²) in [6, 6.07) is 16.5. The van der Waals surface area contributed by atoms with Crippen molar-refractivity contribution in [3.63, 3.8) is 0 Å². The maximum atomic E-state index is 12.1. The van der Waals surface area contributed by atoms with E-state index < -0.39 is 5.91 Å². The normalized spacial score (nSPS) is 15.4. The van der Waals surface area contributed by atoms with E-state index >= 15 is 0 Å². The Balaban J connectivity index is 1.64. The molecule has 0 atom stereocenters. The molecule has 1 saturated heterocycles. The molecule has 0 spiro atoms. The number of nitrogens with one attached hydrogen (secondary N) is 2. The van der Waals surface area contributed by atoms with Gasteiger partial charge >= 0.3 is 0 Å². The van der Waals surface area contributed by atoms with Crippen molar-refractivity contribution in [1.29, 1.82) is 0 Å². The smallest absolute Gasteiger partial charge is 0.290 e. The van der Waals surface area contributed by atoms with Gasteiger partial charge in [0.1, 0.15) is 0 Å². The molecule has 1 aliphatic heterocycles. The lowest BCUT2D eigenvalue weighted by Crippen LogP contribution is -2.22. The van der Waals surface area contributed by atoms with Crippen LogP contribution in [0.2, 0.25) is 0 Å².